The van der Waals surface area contributed by atoms with Crippen molar-refractivity contribution in [2.24, 2.45) is 5.73 Å². The number of amides is 2. The van der Waals surface area contributed by atoms with Crippen LogP contribution in [0.3, 0.4) is 0 Å². The van der Waals surface area contributed by atoms with Crippen LogP contribution in [0.5, 0.6) is 0 Å². The normalized spacial score (nSPS) is 9.31. The van der Waals surface area contributed by atoms with E-state index in [0.29, 0.717) is 6.54 Å². The molecule has 0 saturated carbocycles. The molecule has 0 rings (SSSR count). The number of hydrogen-bond acceptors (Lipinski definition) is 3. The van der Waals surface area contributed by atoms with E-state index in [2.05, 4.69) is 25.8 Å². The van der Waals surface area contributed by atoms with Crippen molar-refractivity contribution in [1.82, 2.24) is 4.90 Å². The number of nitrogens with two attached hydrogens (primary N) is 1. The number of rotatable bonds is 15. The summed E-state index contributed by atoms with van der Waals surface area (Å²) in [5.41, 5.74) is 4.53. The summed E-state index contributed by atoms with van der Waals surface area (Å²) in [5.74, 6) is -0.556. The van der Waals surface area contributed by atoms with Crippen molar-refractivity contribution in [2.45, 2.75) is 71.1 Å². The van der Waals surface area contributed by atoms with Crippen LogP contribution in [0.4, 0.5) is 0 Å². The average Bonchev–Trinajstić information content (AvgIpc) is 2.62. The SMILES string of the molecule is C=CC(=O)N(CCO)CCCCCCCCCCCC.C=CC(N)=O.Cl. The van der Waals surface area contributed by atoms with Gasteiger partial charge in [0.1, 0.15) is 0 Å². The lowest BCUT2D eigenvalue weighted by molar-refractivity contribution is -0.126. The van der Waals surface area contributed by atoms with Crippen molar-refractivity contribution >= 4 is 24.2 Å². The fraction of sp³-hybridized carbons (Fsp3) is 0.700. The van der Waals surface area contributed by atoms with Gasteiger partial charge in [-0.05, 0) is 18.6 Å². The Labute approximate surface area is 166 Å². The maximum atomic E-state index is 11.5. The molecule has 5 nitrogen and oxygen atoms in total. The molecule has 0 aromatic carbocycles. The highest BCUT2D eigenvalue weighted by molar-refractivity contribution is 5.87. The third-order valence-electron chi connectivity index (χ3n) is 3.84. The number of primary amides is 1. The predicted molar refractivity (Wildman–Crippen MR) is 112 cm³/mol. The lowest BCUT2D eigenvalue weighted by Gasteiger charge is -2.19. The molecule has 0 unspecified atom stereocenters. The average molecular weight is 391 g/mol. The van der Waals surface area contributed by atoms with E-state index in [0.717, 1.165) is 19.0 Å². The van der Waals surface area contributed by atoms with E-state index in [9.17, 15) is 9.59 Å². The van der Waals surface area contributed by atoms with Crippen molar-refractivity contribution in [2.75, 3.05) is 19.7 Å². The van der Waals surface area contributed by atoms with Gasteiger partial charge < -0.3 is 15.7 Å². The van der Waals surface area contributed by atoms with Gasteiger partial charge in [0, 0.05) is 13.1 Å². The number of carbonyl (C=O) groups is 2. The Bertz CT molecular complexity index is 363. The maximum Gasteiger partial charge on any atom is 0.246 e. The summed E-state index contributed by atoms with van der Waals surface area (Å²) in [6, 6.07) is 0. The highest BCUT2D eigenvalue weighted by atomic mass is 35.5. The Kier molecular flexibility index (Phi) is 26.8. The molecule has 0 aromatic rings. The molecule has 0 spiro atoms. The van der Waals surface area contributed by atoms with Crippen LogP contribution in [0.1, 0.15) is 71.1 Å². The van der Waals surface area contributed by atoms with E-state index < -0.39 is 5.91 Å². The molecule has 0 bridgehead atoms. The zero-order valence-corrected chi connectivity index (χ0v) is 17.3. The third kappa shape index (κ3) is 22.7. The molecule has 0 fully saturated rings. The lowest BCUT2D eigenvalue weighted by Crippen LogP contribution is -2.33. The monoisotopic (exact) mass is 390 g/mol. The van der Waals surface area contributed by atoms with Crippen LogP contribution in [-0.2, 0) is 9.59 Å². The second-order valence-corrected chi connectivity index (χ2v) is 6.04. The van der Waals surface area contributed by atoms with Gasteiger partial charge in [-0.2, -0.15) is 0 Å². The fourth-order valence-corrected chi connectivity index (χ4v) is 2.37. The van der Waals surface area contributed by atoms with Crippen LogP contribution in [0.2, 0.25) is 0 Å². The van der Waals surface area contributed by atoms with Gasteiger partial charge in [-0.25, -0.2) is 0 Å². The molecule has 0 aliphatic carbocycles. The number of aliphatic hydroxyl groups excluding tert-OH is 1. The number of aliphatic hydroxyl groups is 1. The van der Waals surface area contributed by atoms with Crippen molar-refractivity contribution in [3.8, 4) is 0 Å². The van der Waals surface area contributed by atoms with Gasteiger partial charge in [0.05, 0.1) is 6.61 Å². The van der Waals surface area contributed by atoms with Gasteiger partial charge in [0.15, 0.2) is 0 Å². The summed E-state index contributed by atoms with van der Waals surface area (Å²) < 4.78 is 0. The van der Waals surface area contributed by atoms with Crippen LogP contribution in [0.25, 0.3) is 0 Å². The first-order valence-corrected chi connectivity index (χ1v) is 9.47. The topological polar surface area (TPSA) is 83.6 Å². The molecule has 6 heteroatoms. The van der Waals surface area contributed by atoms with Crippen LogP contribution in [0.15, 0.2) is 25.3 Å². The summed E-state index contributed by atoms with van der Waals surface area (Å²) in [7, 11) is 0. The molecular formula is C20H39ClN2O3. The van der Waals surface area contributed by atoms with Crippen molar-refractivity contribution in [1.29, 1.82) is 0 Å². The summed E-state index contributed by atoms with van der Waals surface area (Å²) in [4.78, 5) is 22.6. The van der Waals surface area contributed by atoms with Gasteiger partial charge in [-0.3, -0.25) is 9.59 Å². The molecule has 0 heterocycles. The van der Waals surface area contributed by atoms with E-state index in [1.807, 2.05) is 0 Å². The molecule has 0 atom stereocenters. The first-order chi connectivity index (χ1) is 12.0. The zero-order chi connectivity index (χ0) is 19.3. The number of unbranched alkanes of at least 4 members (excludes halogenated alkanes) is 9. The van der Waals surface area contributed by atoms with Crippen molar-refractivity contribution < 1.29 is 14.7 Å². The Morgan fingerprint density at radius 3 is 1.65 bits per heavy atom. The molecule has 0 aliphatic heterocycles. The standard InChI is InChI=1S/C17H33NO2.C3H5NO.ClH/c1-3-5-6-7-8-9-10-11-12-13-14-18(15-16-19)17(20)4-2;1-2-3(4)5;/h4,19H,2-3,5-16H2,1H3;2H,1H2,(H2,4,5);1H. The van der Waals surface area contributed by atoms with E-state index in [1.165, 1.54) is 63.9 Å². The minimum Gasteiger partial charge on any atom is -0.395 e. The first-order valence-electron chi connectivity index (χ1n) is 9.47. The molecule has 154 valence electrons. The summed E-state index contributed by atoms with van der Waals surface area (Å²) in [5, 5.41) is 8.91. The Morgan fingerprint density at radius 2 is 1.31 bits per heavy atom. The quantitative estimate of drug-likeness (QED) is 0.327. The molecule has 3 N–H and O–H groups in total. The second kappa shape index (κ2) is 23.7. The molecule has 0 saturated heterocycles. The second-order valence-electron chi connectivity index (χ2n) is 6.04. The van der Waals surface area contributed by atoms with Crippen LogP contribution in [-0.4, -0.2) is 41.5 Å². The lowest BCUT2D eigenvalue weighted by atomic mass is 10.1. The number of nitrogens with zero attached hydrogens (tertiary/aromatic N) is 1. The van der Waals surface area contributed by atoms with Crippen LogP contribution < -0.4 is 5.73 Å². The zero-order valence-electron chi connectivity index (χ0n) is 16.5. The largest absolute Gasteiger partial charge is 0.395 e. The first kappa shape index (κ1) is 29.4. The molecular weight excluding hydrogens is 352 g/mol. The van der Waals surface area contributed by atoms with Crippen molar-refractivity contribution in [3.63, 3.8) is 0 Å². The Morgan fingerprint density at radius 1 is 0.885 bits per heavy atom. The Balaban J connectivity index is -0.000000772. The maximum absolute atomic E-state index is 11.5. The smallest absolute Gasteiger partial charge is 0.246 e. The van der Waals surface area contributed by atoms with E-state index in [-0.39, 0.29) is 24.9 Å². The van der Waals surface area contributed by atoms with E-state index in [1.54, 1.807) is 4.90 Å². The van der Waals surface area contributed by atoms with E-state index >= 15 is 0 Å². The predicted octanol–water partition coefficient (Wildman–Crippen LogP) is 3.99. The van der Waals surface area contributed by atoms with Gasteiger partial charge in [0.2, 0.25) is 11.8 Å². The van der Waals surface area contributed by atoms with Gasteiger partial charge in [-0.1, -0.05) is 77.9 Å². The summed E-state index contributed by atoms with van der Waals surface area (Å²) in [6.45, 7) is 10.0. The molecule has 2 amide bonds. The molecule has 26 heavy (non-hydrogen) atoms. The van der Waals surface area contributed by atoms with Crippen LogP contribution >= 0.6 is 12.4 Å². The highest BCUT2D eigenvalue weighted by Crippen LogP contribution is 2.10. The van der Waals surface area contributed by atoms with Gasteiger partial charge in [-0.15, -0.1) is 12.4 Å². The number of halogens is 1. The van der Waals surface area contributed by atoms with Crippen molar-refractivity contribution in [3.05, 3.63) is 25.3 Å². The summed E-state index contributed by atoms with van der Waals surface area (Å²) >= 11 is 0. The molecule has 0 aliphatic rings. The minimum absolute atomic E-state index is 0. The Hall–Kier alpha value is -1.33. The number of carbonyl (C=O) groups excluding carboxylic acids is 2. The van der Waals surface area contributed by atoms with Gasteiger partial charge >= 0.3 is 0 Å². The highest BCUT2D eigenvalue weighted by Gasteiger charge is 2.08. The minimum atomic E-state index is -0.481. The number of hydrogen-bond donors (Lipinski definition) is 2. The molecule has 0 radical (unpaired) electrons. The fourth-order valence-electron chi connectivity index (χ4n) is 2.37. The van der Waals surface area contributed by atoms with Gasteiger partial charge in [0.25, 0.3) is 0 Å². The van der Waals surface area contributed by atoms with Crippen LogP contribution in [0, 0.1) is 0 Å². The summed E-state index contributed by atoms with van der Waals surface area (Å²) in [6.07, 6.45) is 15.3. The third-order valence-corrected chi connectivity index (χ3v) is 3.84. The van der Waals surface area contributed by atoms with E-state index in [4.69, 9.17) is 5.11 Å². The molecule has 0 aromatic heterocycles.